The minimum absolute atomic E-state index is 0.382. The predicted octanol–water partition coefficient (Wildman–Crippen LogP) is 2.95. The largest absolute Gasteiger partial charge is 0.492 e. The number of nitrogens with one attached hydrogen (secondary N) is 1. The molecule has 1 aliphatic rings. The Labute approximate surface area is 122 Å². The lowest BCUT2D eigenvalue weighted by molar-refractivity contribution is 0.223. The van der Waals surface area contributed by atoms with Crippen LogP contribution in [0.15, 0.2) is 18.2 Å². The normalized spacial score (nSPS) is 17.7. The van der Waals surface area contributed by atoms with Crippen LogP contribution in [0.2, 0.25) is 0 Å². The Bertz CT molecular complexity index is 416. The number of nitrogens with zero attached hydrogens (tertiary/aromatic N) is 1. The third-order valence-electron chi connectivity index (χ3n) is 3.75. The summed E-state index contributed by atoms with van der Waals surface area (Å²) in [5.74, 6) is 0.766. The van der Waals surface area contributed by atoms with Crippen LogP contribution in [0, 0.1) is 0 Å². The van der Waals surface area contributed by atoms with Crippen LogP contribution in [0.5, 0.6) is 5.75 Å². The van der Waals surface area contributed by atoms with Gasteiger partial charge in [-0.2, -0.15) is 0 Å². The van der Waals surface area contributed by atoms with Crippen molar-refractivity contribution in [3.05, 3.63) is 18.2 Å². The van der Waals surface area contributed by atoms with E-state index in [0.29, 0.717) is 18.3 Å². The lowest BCUT2D eigenvalue weighted by Gasteiger charge is -2.30. The topological polar surface area (TPSA) is 50.5 Å². The van der Waals surface area contributed by atoms with Gasteiger partial charge in [0, 0.05) is 12.6 Å². The fourth-order valence-corrected chi connectivity index (χ4v) is 2.79. The maximum absolute atomic E-state index is 6.15. The van der Waals surface area contributed by atoms with Gasteiger partial charge in [-0.15, -0.1) is 0 Å². The zero-order valence-electron chi connectivity index (χ0n) is 12.7. The van der Waals surface area contributed by atoms with Crippen LogP contribution in [-0.2, 0) is 0 Å². The standard InChI is InChI=1S/C16H27N3O/c1-3-20-15-9-7-8-14(16(15)17)18-13(2)12-19-10-5-4-6-11-19/h7-9,13,18H,3-6,10-12,17H2,1-2H3. The van der Waals surface area contributed by atoms with Crippen LogP contribution in [0.4, 0.5) is 11.4 Å². The van der Waals surface area contributed by atoms with Crippen molar-refractivity contribution in [2.24, 2.45) is 0 Å². The molecule has 1 aromatic rings. The van der Waals surface area contributed by atoms with Crippen LogP contribution < -0.4 is 15.8 Å². The van der Waals surface area contributed by atoms with Gasteiger partial charge in [-0.25, -0.2) is 0 Å². The molecular formula is C16H27N3O. The van der Waals surface area contributed by atoms with Crippen molar-refractivity contribution < 1.29 is 4.74 Å². The monoisotopic (exact) mass is 277 g/mol. The fourth-order valence-electron chi connectivity index (χ4n) is 2.79. The Morgan fingerprint density at radius 3 is 2.75 bits per heavy atom. The van der Waals surface area contributed by atoms with E-state index in [9.17, 15) is 0 Å². The van der Waals surface area contributed by atoms with E-state index in [1.807, 2.05) is 25.1 Å². The zero-order chi connectivity index (χ0) is 14.4. The highest BCUT2D eigenvalue weighted by molar-refractivity contribution is 5.73. The molecule has 1 unspecified atom stereocenters. The van der Waals surface area contributed by atoms with Crippen molar-refractivity contribution in [3.8, 4) is 5.75 Å². The van der Waals surface area contributed by atoms with E-state index >= 15 is 0 Å². The molecule has 4 nitrogen and oxygen atoms in total. The number of likely N-dealkylation sites (tertiary alicyclic amines) is 1. The Hall–Kier alpha value is -1.42. The molecular weight excluding hydrogens is 250 g/mol. The molecule has 1 fully saturated rings. The van der Waals surface area contributed by atoms with Crippen molar-refractivity contribution in [2.45, 2.75) is 39.2 Å². The van der Waals surface area contributed by atoms with Gasteiger partial charge in [-0.1, -0.05) is 12.5 Å². The molecule has 4 heteroatoms. The number of hydrogen-bond donors (Lipinski definition) is 2. The summed E-state index contributed by atoms with van der Waals surface area (Å²) in [5, 5.41) is 3.51. The predicted molar refractivity (Wildman–Crippen MR) is 85.4 cm³/mol. The molecule has 3 N–H and O–H groups in total. The molecule has 20 heavy (non-hydrogen) atoms. The maximum atomic E-state index is 6.15. The van der Waals surface area contributed by atoms with Crippen molar-refractivity contribution in [1.82, 2.24) is 4.90 Å². The van der Waals surface area contributed by atoms with E-state index in [2.05, 4.69) is 17.1 Å². The number of hydrogen-bond acceptors (Lipinski definition) is 4. The average molecular weight is 277 g/mol. The molecule has 0 aliphatic carbocycles. The summed E-state index contributed by atoms with van der Waals surface area (Å²) in [6, 6.07) is 6.30. The number of piperidine rings is 1. The number of ether oxygens (including phenoxy) is 1. The van der Waals surface area contributed by atoms with E-state index in [1.54, 1.807) is 0 Å². The van der Waals surface area contributed by atoms with Crippen molar-refractivity contribution >= 4 is 11.4 Å². The van der Waals surface area contributed by atoms with Crippen molar-refractivity contribution in [3.63, 3.8) is 0 Å². The Morgan fingerprint density at radius 2 is 2.05 bits per heavy atom. The van der Waals surface area contributed by atoms with Gasteiger partial charge in [0.2, 0.25) is 0 Å². The lowest BCUT2D eigenvalue weighted by Crippen LogP contribution is -2.38. The fraction of sp³-hybridized carbons (Fsp3) is 0.625. The van der Waals surface area contributed by atoms with Crippen LogP contribution >= 0.6 is 0 Å². The molecule has 0 spiro atoms. The first-order valence-corrected chi connectivity index (χ1v) is 7.71. The summed E-state index contributed by atoms with van der Waals surface area (Å²) < 4.78 is 5.53. The minimum atomic E-state index is 0.382. The SMILES string of the molecule is CCOc1cccc(NC(C)CN2CCCCC2)c1N. The number of benzene rings is 1. The minimum Gasteiger partial charge on any atom is -0.492 e. The molecule has 1 aliphatic heterocycles. The molecule has 1 atom stereocenters. The van der Waals surface area contributed by atoms with Crippen LogP contribution in [-0.4, -0.2) is 37.2 Å². The average Bonchev–Trinajstić information content (AvgIpc) is 2.44. The van der Waals surface area contributed by atoms with Gasteiger partial charge in [0.15, 0.2) is 0 Å². The van der Waals surface area contributed by atoms with Gasteiger partial charge in [-0.05, 0) is 51.9 Å². The van der Waals surface area contributed by atoms with Crippen molar-refractivity contribution in [2.75, 3.05) is 37.3 Å². The molecule has 2 rings (SSSR count). The molecule has 0 amide bonds. The molecule has 112 valence electrons. The summed E-state index contributed by atoms with van der Waals surface area (Å²) in [6.07, 6.45) is 4.03. The van der Waals surface area contributed by atoms with E-state index in [0.717, 1.165) is 18.0 Å². The zero-order valence-corrected chi connectivity index (χ0v) is 12.7. The second kappa shape index (κ2) is 7.39. The first kappa shape index (κ1) is 15.0. The van der Waals surface area contributed by atoms with Gasteiger partial charge in [0.1, 0.15) is 5.75 Å². The van der Waals surface area contributed by atoms with Gasteiger partial charge in [-0.3, -0.25) is 0 Å². The first-order valence-electron chi connectivity index (χ1n) is 7.71. The van der Waals surface area contributed by atoms with Crippen LogP contribution in [0.25, 0.3) is 0 Å². The number of para-hydroxylation sites is 1. The first-order chi connectivity index (χ1) is 9.70. The Kier molecular flexibility index (Phi) is 5.53. The molecule has 1 heterocycles. The molecule has 0 bridgehead atoms. The summed E-state index contributed by atoms with van der Waals surface area (Å²) in [5.41, 5.74) is 7.83. The smallest absolute Gasteiger partial charge is 0.144 e. The van der Waals surface area contributed by atoms with E-state index in [4.69, 9.17) is 10.5 Å². The van der Waals surface area contributed by atoms with Gasteiger partial charge < -0.3 is 20.7 Å². The molecule has 0 saturated carbocycles. The highest BCUT2D eigenvalue weighted by Crippen LogP contribution is 2.29. The summed E-state index contributed by atoms with van der Waals surface area (Å²) in [7, 11) is 0. The summed E-state index contributed by atoms with van der Waals surface area (Å²) in [6.45, 7) is 8.33. The van der Waals surface area contributed by atoms with Gasteiger partial charge in [0.25, 0.3) is 0 Å². The number of anilines is 2. The number of nitrogens with two attached hydrogens (primary N) is 1. The van der Waals surface area contributed by atoms with E-state index in [1.165, 1.54) is 32.4 Å². The highest BCUT2D eigenvalue weighted by Gasteiger charge is 2.14. The van der Waals surface area contributed by atoms with Crippen LogP contribution in [0.1, 0.15) is 33.1 Å². The van der Waals surface area contributed by atoms with Crippen molar-refractivity contribution in [1.29, 1.82) is 0 Å². The highest BCUT2D eigenvalue weighted by atomic mass is 16.5. The molecule has 1 saturated heterocycles. The summed E-state index contributed by atoms with van der Waals surface area (Å²) >= 11 is 0. The quantitative estimate of drug-likeness (QED) is 0.785. The molecule has 0 radical (unpaired) electrons. The Balaban J connectivity index is 1.93. The van der Waals surface area contributed by atoms with Gasteiger partial charge >= 0.3 is 0 Å². The molecule has 1 aromatic carbocycles. The molecule has 0 aromatic heterocycles. The van der Waals surface area contributed by atoms with E-state index < -0.39 is 0 Å². The van der Waals surface area contributed by atoms with Crippen LogP contribution in [0.3, 0.4) is 0 Å². The second-order valence-corrected chi connectivity index (χ2v) is 5.56. The summed E-state index contributed by atoms with van der Waals surface area (Å²) in [4.78, 5) is 2.53. The number of nitrogen functional groups attached to an aromatic ring is 1. The van der Waals surface area contributed by atoms with Gasteiger partial charge in [0.05, 0.1) is 18.0 Å². The van der Waals surface area contributed by atoms with E-state index in [-0.39, 0.29) is 0 Å². The Morgan fingerprint density at radius 1 is 1.30 bits per heavy atom. The third kappa shape index (κ3) is 4.04. The lowest BCUT2D eigenvalue weighted by atomic mass is 10.1. The second-order valence-electron chi connectivity index (χ2n) is 5.56. The third-order valence-corrected chi connectivity index (χ3v) is 3.75. The maximum Gasteiger partial charge on any atom is 0.144 e. The number of rotatable bonds is 6.